The minimum absolute atomic E-state index is 0. The van der Waals surface area contributed by atoms with E-state index in [1.165, 1.54) is 63.7 Å². The summed E-state index contributed by atoms with van der Waals surface area (Å²) < 4.78 is 13.2. The van der Waals surface area contributed by atoms with Gasteiger partial charge in [0.05, 0.1) is 24.0 Å². The van der Waals surface area contributed by atoms with Gasteiger partial charge in [-0.15, -0.1) is 0 Å². The van der Waals surface area contributed by atoms with Gasteiger partial charge in [0.15, 0.2) is 0 Å². The number of carbonyl (C=O) groups excluding carboxylic acids is 4. The topological polar surface area (TPSA) is 304 Å². The van der Waals surface area contributed by atoms with E-state index in [0.29, 0.717) is 34.1 Å². The molecule has 0 bridgehead atoms. The first-order chi connectivity index (χ1) is 43.7. The molecule has 0 saturated carbocycles. The zero-order valence-corrected chi connectivity index (χ0v) is 57.3. The van der Waals surface area contributed by atoms with Gasteiger partial charge in [-0.2, -0.15) is 10.2 Å². The number of hydrogen-bond donors (Lipinski definition) is 6. The van der Waals surface area contributed by atoms with Gasteiger partial charge >= 0.3 is 33.3 Å². The van der Waals surface area contributed by atoms with Crippen molar-refractivity contribution in [2.75, 3.05) is 61.5 Å². The van der Waals surface area contributed by atoms with E-state index in [4.69, 9.17) is 14.6 Å². The molecule has 3 amide bonds. The summed E-state index contributed by atoms with van der Waals surface area (Å²) in [5, 5.41) is 70.5. The SMILES string of the molecule is CCNc1cc2c(cc1C)C1(c3cc(C)c(NCC)cc3O2)c2ccccc2C(=O)N1/N=C/c1cccc(C(=O)O)c1[O-].CCNc1cc2c(cc1C)C1(c3cc(C)c(NCC)cc3O2)c2ccccc2C(=O)N1/N=C/c1cccc(C(=O)[O-])c1O.CN(C)C=O.O.[Cd+2]. The Morgan fingerprint density at radius 2 is 0.882 bits per heavy atom. The Labute approximate surface area is 558 Å². The van der Waals surface area contributed by atoms with Crippen molar-refractivity contribution in [3.05, 3.63) is 222 Å². The predicted molar refractivity (Wildman–Crippen MR) is 350 cm³/mol. The molecule has 0 aromatic heterocycles. The van der Waals surface area contributed by atoms with Gasteiger partial charge in [0.25, 0.3) is 11.8 Å². The Bertz CT molecular complexity index is 3930. The minimum atomic E-state index is -1.51. The molecular formula is C71H71CdN9O12. The van der Waals surface area contributed by atoms with Gasteiger partial charge < -0.3 is 66.3 Å². The summed E-state index contributed by atoms with van der Waals surface area (Å²) in [5.74, 6) is -2.41. The molecule has 0 fully saturated rings. The van der Waals surface area contributed by atoms with Crippen molar-refractivity contribution in [2.45, 2.75) is 66.5 Å². The number of hydrazone groups is 2. The molecule has 8 aromatic carbocycles. The van der Waals surface area contributed by atoms with Crippen LogP contribution in [-0.2, 0) is 43.2 Å². The number of benzene rings is 8. The number of hydrogen-bond acceptors (Lipinski definition) is 16. The van der Waals surface area contributed by atoms with Crippen molar-refractivity contribution >= 4 is 65.3 Å². The fraction of sp³-hybridized carbons (Fsp3) is 0.225. The first-order valence-corrected chi connectivity index (χ1v) is 29.8. The molecule has 0 radical (unpaired) electrons. The molecule has 4 aliphatic heterocycles. The van der Waals surface area contributed by atoms with Crippen molar-refractivity contribution < 1.29 is 86.6 Å². The monoisotopic (exact) mass is 1360 g/mol. The molecule has 474 valence electrons. The van der Waals surface area contributed by atoms with Crippen LogP contribution in [-0.4, -0.2) is 113 Å². The summed E-state index contributed by atoms with van der Waals surface area (Å²) in [6.45, 7) is 19.0. The van der Waals surface area contributed by atoms with Gasteiger partial charge in [-0.3, -0.25) is 14.4 Å². The van der Waals surface area contributed by atoms with E-state index in [1.807, 2.05) is 140 Å². The van der Waals surface area contributed by atoms with Gasteiger partial charge in [0, 0.05) is 143 Å². The van der Waals surface area contributed by atoms with Crippen LogP contribution in [0.2, 0.25) is 0 Å². The van der Waals surface area contributed by atoms with Crippen LogP contribution in [0, 0.1) is 27.7 Å². The van der Waals surface area contributed by atoms with Crippen molar-refractivity contribution in [1.29, 1.82) is 0 Å². The van der Waals surface area contributed by atoms with Crippen molar-refractivity contribution in [3.63, 3.8) is 0 Å². The average Bonchev–Trinajstić information content (AvgIpc) is 1.58. The number of nitrogens with zero attached hydrogens (tertiary/aromatic N) is 5. The first-order valence-electron chi connectivity index (χ1n) is 29.8. The Kier molecular flexibility index (Phi) is 20.7. The van der Waals surface area contributed by atoms with Gasteiger partial charge in [-0.05, 0) is 138 Å². The van der Waals surface area contributed by atoms with Gasteiger partial charge in [-0.1, -0.05) is 60.3 Å². The molecule has 4 aliphatic rings. The number of ether oxygens (including phenoxy) is 2. The number of amides is 3. The standard InChI is InChI=1S/2C34H32N4O5.C3H7NO.Cd.H2O/c2*1-5-35-27-16-29-25(14-19(27)3)34(26-15-20(4)28(36-6-2)17-30(26)43-29)24-13-8-7-11-22(24)32(40)38(34)37-18-21-10-9-12-23(31(21)39)33(41)42;1-4(2)3-5;;/h2*7-18,35-36,39H,5-6H2,1-4H3,(H,41,42);3H,1-2H3;;1H2/q;;;+2;/p-2/b2*37-18+;;;. The maximum atomic E-state index is 14.3. The van der Waals surface area contributed by atoms with Crippen LogP contribution >= 0.6 is 0 Å². The second kappa shape index (κ2) is 28.1. The molecule has 8 N–H and O–H groups in total. The van der Waals surface area contributed by atoms with Crippen LogP contribution in [0.5, 0.6) is 34.5 Å². The maximum Gasteiger partial charge on any atom is 2.00 e. The average molecular weight is 1350 g/mol. The number of aromatic carboxylic acids is 2. The molecule has 0 atom stereocenters. The number of phenols is 1. The Morgan fingerprint density at radius 1 is 0.548 bits per heavy atom. The molecular weight excluding hydrogens is 1280 g/mol. The Balaban J connectivity index is 0.000000218. The summed E-state index contributed by atoms with van der Waals surface area (Å²) in [5.41, 5.74) is 9.86. The maximum absolute atomic E-state index is 14.3. The van der Waals surface area contributed by atoms with Crippen molar-refractivity contribution in [2.24, 2.45) is 10.2 Å². The number of rotatable bonds is 15. The molecule has 4 heterocycles. The molecule has 0 aliphatic carbocycles. The van der Waals surface area contributed by atoms with Crippen LogP contribution in [0.4, 0.5) is 22.7 Å². The molecule has 0 unspecified atom stereocenters. The van der Waals surface area contributed by atoms with E-state index in [9.17, 15) is 44.4 Å². The summed E-state index contributed by atoms with van der Waals surface area (Å²) in [7, 11) is 3.38. The number of nitrogens with one attached hydrogen (secondary N) is 4. The second-order valence-corrected chi connectivity index (χ2v) is 22.3. The fourth-order valence-corrected chi connectivity index (χ4v) is 12.2. The molecule has 0 saturated heterocycles. The normalized spacial score (nSPS) is 13.6. The summed E-state index contributed by atoms with van der Waals surface area (Å²) in [6, 6.07) is 39.2. The Hall–Kier alpha value is -10.3. The summed E-state index contributed by atoms with van der Waals surface area (Å²) >= 11 is 0. The Morgan fingerprint density at radius 3 is 1.22 bits per heavy atom. The van der Waals surface area contributed by atoms with Crippen LogP contribution < -0.4 is 41.0 Å². The number of carboxylic acid groups (broad SMARTS) is 2. The minimum Gasteiger partial charge on any atom is -0.871 e. The number of aromatic hydroxyl groups is 1. The molecule has 8 aromatic rings. The van der Waals surface area contributed by atoms with Gasteiger partial charge in [0.2, 0.25) is 6.41 Å². The smallest absolute Gasteiger partial charge is 0.871 e. The van der Waals surface area contributed by atoms with E-state index in [1.54, 1.807) is 26.2 Å². The summed E-state index contributed by atoms with van der Waals surface area (Å²) in [6.07, 6.45) is 3.33. The fourth-order valence-electron chi connectivity index (χ4n) is 12.2. The van der Waals surface area contributed by atoms with E-state index in [2.05, 4.69) is 26.4 Å². The predicted octanol–water partition coefficient (Wildman–Crippen LogP) is 9.83. The van der Waals surface area contributed by atoms with Crippen molar-refractivity contribution in [3.8, 4) is 34.5 Å². The van der Waals surface area contributed by atoms with Crippen LogP contribution in [0.3, 0.4) is 0 Å². The zero-order chi connectivity index (χ0) is 65.2. The quantitative estimate of drug-likeness (QED) is 0.0316. The second-order valence-electron chi connectivity index (χ2n) is 22.3. The first kappa shape index (κ1) is 68.6. The third kappa shape index (κ3) is 12.0. The largest absolute Gasteiger partial charge is 2.00 e. The van der Waals surface area contributed by atoms with Crippen LogP contribution in [0.15, 0.2) is 144 Å². The number of carbonyl (C=O) groups is 5. The number of carboxylic acids is 2. The molecule has 2 spiro atoms. The number of anilines is 4. The summed E-state index contributed by atoms with van der Waals surface area (Å²) in [4.78, 5) is 62.6. The molecule has 21 nitrogen and oxygen atoms in total. The number of aryl methyl sites for hydroxylation is 4. The molecule has 93 heavy (non-hydrogen) atoms. The van der Waals surface area contributed by atoms with Crippen LogP contribution in [0.25, 0.3) is 0 Å². The zero-order valence-electron chi connectivity index (χ0n) is 53.3. The van der Waals surface area contributed by atoms with Crippen molar-refractivity contribution in [1.82, 2.24) is 14.9 Å². The third-order valence-corrected chi connectivity index (χ3v) is 16.3. The van der Waals surface area contributed by atoms with E-state index >= 15 is 0 Å². The molecule has 12 rings (SSSR count). The van der Waals surface area contributed by atoms with E-state index in [-0.39, 0.29) is 66.8 Å². The third-order valence-electron chi connectivity index (χ3n) is 16.3. The van der Waals surface area contributed by atoms with E-state index in [0.717, 1.165) is 111 Å². The number of para-hydroxylation sites is 2. The van der Waals surface area contributed by atoms with Crippen LogP contribution in [0.1, 0.15) is 136 Å². The number of fused-ring (bicyclic) bond motifs is 12. The van der Waals surface area contributed by atoms with E-state index < -0.39 is 34.5 Å². The van der Waals surface area contributed by atoms with Gasteiger partial charge in [0.1, 0.15) is 39.8 Å². The van der Waals surface area contributed by atoms with Gasteiger partial charge in [-0.25, -0.2) is 14.8 Å². The molecule has 22 heteroatoms.